The third-order valence-corrected chi connectivity index (χ3v) is 5.55. The molecule has 138 valence electrons. The van der Waals surface area contributed by atoms with Gasteiger partial charge in [-0.3, -0.25) is 0 Å². The molecule has 2 aromatic carbocycles. The van der Waals surface area contributed by atoms with Crippen LogP contribution in [-0.2, 0) is 22.7 Å². The number of hydrogen-bond acceptors (Lipinski definition) is 2. The zero-order valence-electron chi connectivity index (χ0n) is 13.7. The summed E-state index contributed by atoms with van der Waals surface area (Å²) in [4.78, 5) is -0.751. The van der Waals surface area contributed by atoms with Crippen LogP contribution >= 0.6 is 0 Å². The Kier molecular flexibility index (Phi) is 5.06. The van der Waals surface area contributed by atoms with Crippen LogP contribution in [0.5, 0.6) is 0 Å². The number of para-hydroxylation sites is 1. The topological polar surface area (TPSA) is 51.1 Å². The van der Waals surface area contributed by atoms with E-state index >= 15 is 0 Å². The summed E-state index contributed by atoms with van der Waals surface area (Å²) in [5.74, 6) is 0. The second-order valence-corrected chi connectivity index (χ2v) is 7.55. The number of hydrogen-bond donors (Lipinski definition) is 1. The van der Waals surface area contributed by atoms with E-state index in [2.05, 4.69) is 4.72 Å². The largest absolute Gasteiger partial charge is 0.417 e. The Labute approximate surface area is 149 Å². The Hall–Kier alpha value is -2.32. The van der Waals surface area contributed by atoms with Gasteiger partial charge in [0.15, 0.2) is 0 Å². The molecule has 0 bridgehead atoms. The van der Waals surface area contributed by atoms with Crippen molar-refractivity contribution in [2.45, 2.75) is 24.0 Å². The quantitative estimate of drug-likeness (QED) is 0.655. The van der Waals surface area contributed by atoms with E-state index in [0.29, 0.717) is 13.0 Å². The molecule has 0 saturated heterocycles. The predicted molar refractivity (Wildman–Crippen MR) is 93.2 cm³/mol. The Morgan fingerprint density at radius 1 is 0.962 bits per heavy atom. The minimum atomic E-state index is -4.73. The minimum absolute atomic E-state index is 0.0427. The van der Waals surface area contributed by atoms with Crippen LogP contribution in [0.3, 0.4) is 0 Å². The van der Waals surface area contributed by atoms with Crippen molar-refractivity contribution in [3.8, 4) is 0 Å². The van der Waals surface area contributed by atoms with Gasteiger partial charge in [-0.15, -0.1) is 0 Å². The summed E-state index contributed by atoms with van der Waals surface area (Å²) in [5.41, 5.74) is -0.137. The maximum atomic E-state index is 13.0. The Balaban J connectivity index is 1.66. The summed E-state index contributed by atoms with van der Waals surface area (Å²) in [6.45, 7) is 0.595. The molecule has 0 saturated carbocycles. The highest BCUT2D eigenvalue weighted by molar-refractivity contribution is 7.89. The van der Waals surface area contributed by atoms with E-state index in [1.807, 2.05) is 41.1 Å². The fourth-order valence-electron chi connectivity index (χ4n) is 2.80. The molecule has 0 aliphatic heterocycles. The molecule has 1 aromatic heterocycles. The molecule has 3 aromatic rings. The number of aromatic nitrogens is 1. The number of aryl methyl sites for hydroxylation is 1. The van der Waals surface area contributed by atoms with Crippen molar-refractivity contribution >= 4 is 20.9 Å². The van der Waals surface area contributed by atoms with E-state index in [-0.39, 0.29) is 6.54 Å². The lowest BCUT2D eigenvalue weighted by Gasteiger charge is -2.14. The molecule has 0 fully saturated rings. The van der Waals surface area contributed by atoms with Gasteiger partial charge in [0.25, 0.3) is 0 Å². The Morgan fingerprint density at radius 2 is 1.65 bits per heavy atom. The van der Waals surface area contributed by atoms with Gasteiger partial charge in [-0.05, 0) is 36.1 Å². The van der Waals surface area contributed by atoms with Gasteiger partial charge in [-0.1, -0.05) is 30.3 Å². The second-order valence-electron chi connectivity index (χ2n) is 5.81. The predicted octanol–water partition coefficient (Wildman–Crippen LogP) is 4.03. The summed E-state index contributed by atoms with van der Waals surface area (Å²) in [5, 5.41) is 1.08. The van der Waals surface area contributed by atoms with Crippen molar-refractivity contribution in [3.05, 3.63) is 66.4 Å². The summed E-state index contributed by atoms with van der Waals surface area (Å²) in [7, 11) is -4.24. The maximum Gasteiger partial charge on any atom is 0.417 e. The molecule has 3 rings (SSSR count). The van der Waals surface area contributed by atoms with Crippen LogP contribution in [0.2, 0.25) is 0 Å². The molecule has 26 heavy (non-hydrogen) atoms. The fraction of sp³-hybridized carbons (Fsp3) is 0.222. The highest BCUT2D eigenvalue weighted by atomic mass is 32.2. The number of alkyl halides is 3. The normalized spacial score (nSPS) is 12.6. The molecule has 0 spiro atoms. The Bertz CT molecular complexity index is 1010. The smallest absolute Gasteiger partial charge is 0.347 e. The molecule has 0 atom stereocenters. The average molecular weight is 382 g/mol. The van der Waals surface area contributed by atoms with Crippen LogP contribution in [0.4, 0.5) is 13.2 Å². The number of rotatable bonds is 6. The van der Waals surface area contributed by atoms with E-state index in [1.165, 1.54) is 12.1 Å². The van der Waals surface area contributed by atoms with Crippen LogP contribution < -0.4 is 4.72 Å². The van der Waals surface area contributed by atoms with E-state index in [0.717, 1.165) is 23.0 Å². The van der Waals surface area contributed by atoms with Gasteiger partial charge in [-0.25, -0.2) is 13.1 Å². The molecular weight excluding hydrogens is 365 g/mol. The number of sulfonamides is 1. The monoisotopic (exact) mass is 382 g/mol. The van der Waals surface area contributed by atoms with E-state index in [4.69, 9.17) is 0 Å². The highest BCUT2D eigenvalue weighted by Gasteiger charge is 2.36. The molecule has 8 heteroatoms. The molecule has 1 N–H and O–H groups in total. The lowest BCUT2D eigenvalue weighted by Crippen LogP contribution is -2.27. The van der Waals surface area contributed by atoms with Crippen molar-refractivity contribution in [1.82, 2.24) is 9.29 Å². The van der Waals surface area contributed by atoms with E-state index in [1.54, 1.807) is 0 Å². The standard InChI is InChI=1S/C18H17F3N2O2S/c19-18(20,21)15-7-2-4-9-17(15)26(24,25)22-11-5-12-23-13-10-14-6-1-3-8-16(14)23/h1-4,6-10,13,22H,5,11-12H2. The molecule has 0 amide bonds. The summed E-state index contributed by atoms with van der Waals surface area (Å²) < 4.78 is 67.8. The van der Waals surface area contributed by atoms with Gasteiger partial charge in [0.2, 0.25) is 10.0 Å². The molecule has 1 heterocycles. The van der Waals surface area contributed by atoms with Gasteiger partial charge in [0.05, 0.1) is 10.5 Å². The third kappa shape index (κ3) is 3.91. The molecule has 0 aliphatic carbocycles. The lowest BCUT2D eigenvalue weighted by molar-refractivity contribution is -0.139. The zero-order valence-corrected chi connectivity index (χ0v) is 14.5. The zero-order chi connectivity index (χ0) is 18.8. The SMILES string of the molecule is O=S(=O)(NCCCn1ccc2ccccc21)c1ccccc1C(F)(F)F. The van der Waals surface area contributed by atoms with Gasteiger partial charge >= 0.3 is 6.18 Å². The van der Waals surface area contributed by atoms with Crippen molar-refractivity contribution in [2.24, 2.45) is 0 Å². The number of nitrogens with zero attached hydrogens (tertiary/aromatic N) is 1. The van der Waals surface area contributed by atoms with E-state index in [9.17, 15) is 21.6 Å². The first-order valence-corrected chi connectivity index (χ1v) is 9.47. The van der Waals surface area contributed by atoms with Crippen molar-refractivity contribution in [1.29, 1.82) is 0 Å². The Morgan fingerprint density at radius 3 is 2.42 bits per heavy atom. The van der Waals surface area contributed by atoms with Gasteiger partial charge in [0.1, 0.15) is 0 Å². The van der Waals surface area contributed by atoms with Crippen LogP contribution in [0.25, 0.3) is 10.9 Å². The van der Waals surface area contributed by atoms with Crippen LogP contribution in [0.15, 0.2) is 65.7 Å². The minimum Gasteiger partial charge on any atom is -0.347 e. The summed E-state index contributed by atoms with van der Waals surface area (Å²) in [6.07, 6.45) is -2.38. The first-order valence-electron chi connectivity index (χ1n) is 7.99. The third-order valence-electron chi connectivity index (χ3n) is 4.03. The summed E-state index contributed by atoms with van der Waals surface area (Å²) in [6, 6.07) is 13.9. The molecule has 0 aliphatic rings. The molecular formula is C18H17F3N2O2S. The number of fused-ring (bicyclic) bond motifs is 1. The fourth-order valence-corrected chi connectivity index (χ4v) is 4.10. The number of halogens is 3. The molecule has 0 radical (unpaired) electrons. The van der Waals surface area contributed by atoms with Crippen LogP contribution in [0.1, 0.15) is 12.0 Å². The average Bonchev–Trinajstić information content (AvgIpc) is 3.01. The second kappa shape index (κ2) is 7.13. The van der Waals surface area contributed by atoms with Crippen LogP contribution in [-0.4, -0.2) is 19.5 Å². The number of benzene rings is 2. The van der Waals surface area contributed by atoms with E-state index < -0.39 is 26.7 Å². The summed E-state index contributed by atoms with van der Waals surface area (Å²) >= 11 is 0. The molecule has 4 nitrogen and oxygen atoms in total. The van der Waals surface area contributed by atoms with Gasteiger partial charge in [0, 0.05) is 24.8 Å². The molecule has 0 unspecified atom stereocenters. The van der Waals surface area contributed by atoms with Gasteiger partial charge in [-0.2, -0.15) is 13.2 Å². The first-order chi connectivity index (χ1) is 12.3. The number of nitrogens with one attached hydrogen (secondary N) is 1. The van der Waals surface area contributed by atoms with Crippen molar-refractivity contribution in [2.75, 3.05) is 6.54 Å². The lowest BCUT2D eigenvalue weighted by atomic mass is 10.2. The van der Waals surface area contributed by atoms with Crippen LogP contribution in [0, 0.1) is 0 Å². The maximum absolute atomic E-state index is 13.0. The first kappa shape index (κ1) is 18.5. The van der Waals surface area contributed by atoms with Crippen molar-refractivity contribution < 1.29 is 21.6 Å². The van der Waals surface area contributed by atoms with Crippen molar-refractivity contribution in [3.63, 3.8) is 0 Å². The van der Waals surface area contributed by atoms with Gasteiger partial charge < -0.3 is 4.57 Å². The highest BCUT2D eigenvalue weighted by Crippen LogP contribution is 2.33.